The summed E-state index contributed by atoms with van der Waals surface area (Å²) in [4.78, 5) is 11.7. The van der Waals surface area contributed by atoms with Crippen LogP contribution in [0.15, 0.2) is 47.2 Å². The Morgan fingerprint density at radius 1 is 1.33 bits per heavy atom. The summed E-state index contributed by atoms with van der Waals surface area (Å²) < 4.78 is 0. The molecule has 0 saturated heterocycles. The average molecular weight is 201 g/mol. The molecule has 1 N–H and O–H groups in total. The first-order valence-electron chi connectivity index (χ1n) is 5.23. The van der Waals surface area contributed by atoms with E-state index < -0.39 is 0 Å². The van der Waals surface area contributed by atoms with Gasteiger partial charge >= 0.3 is 0 Å². The molecule has 2 aliphatic carbocycles. The zero-order valence-corrected chi connectivity index (χ0v) is 9.08. The predicted molar refractivity (Wildman–Crippen MR) is 61.2 cm³/mol. The minimum atomic E-state index is 0.170. The van der Waals surface area contributed by atoms with Gasteiger partial charge in [0.2, 0.25) is 0 Å². The van der Waals surface area contributed by atoms with Crippen LogP contribution in [0.3, 0.4) is 0 Å². The van der Waals surface area contributed by atoms with Gasteiger partial charge in [-0.2, -0.15) is 0 Å². The van der Waals surface area contributed by atoms with Crippen LogP contribution in [0.1, 0.15) is 13.3 Å². The van der Waals surface area contributed by atoms with E-state index in [-0.39, 0.29) is 5.78 Å². The Balaban J connectivity index is 2.40. The Morgan fingerprint density at radius 3 is 2.80 bits per heavy atom. The van der Waals surface area contributed by atoms with Crippen molar-refractivity contribution in [1.29, 1.82) is 0 Å². The number of nitrogens with one attached hydrogen (secondary N) is 1. The summed E-state index contributed by atoms with van der Waals surface area (Å²) in [5.74, 6) is 0.612. The SMILES string of the molecule is CNC1=CC2=C(C=CC(C)C=C2)CC1=O. The number of carbonyl (C=O) groups is 1. The maximum Gasteiger partial charge on any atom is 0.183 e. The highest BCUT2D eigenvalue weighted by Gasteiger charge is 2.18. The second-order valence-corrected chi connectivity index (χ2v) is 3.97. The topological polar surface area (TPSA) is 29.1 Å². The van der Waals surface area contributed by atoms with Crippen LogP contribution >= 0.6 is 0 Å². The lowest BCUT2D eigenvalue weighted by Crippen LogP contribution is -2.19. The smallest absolute Gasteiger partial charge is 0.183 e. The van der Waals surface area contributed by atoms with E-state index in [4.69, 9.17) is 0 Å². The van der Waals surface area contributed by atoms with Gasteiger partial charge in [-0.25, -0.2) is 0 Å². The normalized spacial score (nSPS) is 24.8. The van der Waals surface area contributed by atoms with E-state index in [0.717, 1.165) is 11.1 Å². The van der Waals surface area contributed by atoms with E-state index in [1.165, 1.54) is 0 Å². The molecule has 2 aliphatic rings. The second-order valence-electron chi connectivity index (χ2n) is 3.97. The van der Waals surface area contributed by atoms with Gasteiger partial charge in [0, 0.05) is 13.5 Å². The minimum Gasteiger partial charge on any atom is -0.385 e. The maximum absolute atomic E-state index is 11.7. The van der Waals surface area contributed by atoms with Crippen molar-refractivity contribution in [3.8, 4) is 0 Å². The molecule has 15 heavy (non-hydrogen) atoms. The number of hydrogen-bond donors (Lipinski definition) is 1. The van der Waals surface area contributed by atoms with Crippen molar-refractivity contribution in [2.24, 2.45) is 5.92 Å². The van der Waals surface area contributed by atoms with Gasteiger partial charge in [0.15, 0.2) is 5.78 Å². The Labute approximate surface area is 90.1 Å². The Kier molecular flexibility index (Phi) is 2.58. The molecule has 1 atom stereocenters. The highest BCUT2D eigenvalue weighted by Crippen LogP contribution is 2.25. The van der Waals surface area contributed by atoms with Crippen LogP contribution in [0, 0.1) is 5.92 Å². The molecule has 0 heterocycles. The highest BCUT2D eigenvalue weighted by molar-refractivity contribution is 5.99. The Morgan fingerprint density at radius 2 is 2.07 bits per heavy atom. The summed E-state index contributed by atoms with van der Waals surface area (Å²) in [6.07, 6.45) is 10.9. The van der Waals surface area contributed by atoms with E-state index in [1.807, 2.05) is 6.08 Å². The van der Waals surface area contributed by atoms with Crippen LogP contribution in [-0.2, 0) is 4.79 Å². The van der Waals surface area contributed by atoms with E-state index in [1.54, 1.807) is 7.05 Å². The molecular formula is C13H15NO. The van der Waals surface area contributed by atoms with Crippen molar-refractivity contribution in [1.82, 2.24) is 5.32 Å². The fourth-order valence-electron chi connectivity index (χ4n) is 1.81. The Bertz CT molecular complexity index is 410. The summed E-state index contributed by atoms with van der Waals surface area (Å²) >= 11 is 0. The van der Waals surface area contributed by atoms with Crippen LogP contribution in [-0.4, -0.2) is 12.8 Å². The van der Waals surface area contributed by atoms with Gasteiger partial charge in [-0.1, -0.05) is 31.2 Å². The van der Waals surface area contributed by atoms with Crippen LogP contribution in [0.25, 0.3) is 0 Å². The number of carbonyl (C=O) groups excluding carboxylic acids is 1. The third kappa shape index (κ3) is 1.94. The standard InChI is InChI=1S/C13H15NO/c1-9-3-5-10-7-12(14-2)13(15)8-11(10)6-4-9/h3-7,9,14H,8H2,1-2H3. The van der Waals surface area contributed by atoms with E-state index >= 15 is 0 Å². The molecule has 2 rings (SSSR count). The van der Waals surface area contributed by atoms with E-state index in [9.17, 15) is 4.79 Å². The molecule has 0 aromatic rings. The van der Waals surface area contributed by atoms with E-state index in [2.05, 4.69) is 36.5 Å². The van der Waals surface area contributed by atoms with Crippen LogP contribution in [0.5, 0.6) is 0 Å². The molecule has 0 aromatic carbocycles. The molecule has 0 fully saturated rings. The summed E-state index contributed by atoms with van der Waals surface area (Å²) in [5.41, 5.74) is 2.99. The van der Waals surface area contributed by atoms with Gasteiger partial charge in [-0.15, -0.1) is 0 Å². The number of ketones is 1. The van der Waals surface area contributed by atoms with Crippen molar-refractivity contribution in [2.75, 3.05) is 7.05 Å². The second kappa shape index (κ2) is 3.89. The molecule has 0 aromatic heterocycles. The first-order valence-corrected chi connectivity index (χ1v) is 5.23. The van der Waals surface area contributed by atoms with Gasteiger partial charge in [-0.3, -0.25) is 4.79 Å². The molecule has 0 saturated carbocycles. The number of likely N-dealkylation sites (N-methyl/N-ethyl adjacent to an activating group) is 1. The van der Waals surface area contributed by atoms with Crippen molar-refractivity contribution >= 4 is 5.78 Å². The van der Waals surface area contributed by atoms with Crippen LogP contribution < -0.4 is 5.32 Å². The van der Waals surface area contributed by atoms with Crippen LogP contribution in [0.2, 0.25) is 0 Å². The van der Waals surface area contributed by atoms with Crippen LogP contribution in [0.4, 0.5) is 0 Å². The molecule has 1 unspecified atom stereocenters. The molecule has 0 spiro atoms. The van der Waals surface area contributed by atoms with Gasteiger partial charge < -0.3 is 5.32 Å². The number of Topliss-reactive ketones (excluding diaryl/α,β-unsaturated/α-hetero) is 1. The predicted octanol–water partition coefficient (Wildman–Crippen LogP) is 2.12. The van der Waals surface area contributed by atoms with Crippen molar-refractivity contribution in [2.45, 2.75) is 13.3 Å². The molecule has 78 valence electrons. The summed E-state index contributed by atoms with van der Waals surface area (Å²) in [6.45, 7) is 2.13. The number of rotatable bonds is 1. The Hall–Kier alpha value is -1.57. The first-order chi connectivity index (χ1) is 7.20. The molecule has 0 radical (unpaired) electrons. The lowest BCUT2D eigenvalue weighted by molar-refractivity contribution is -0.115. The highest BCUT2D eigenvalue weighted by atomic mass is 16.1. The minimum absolute atomic E-state index is 0.170. The summed E-state index contributed by atoms with van der Waals surface area (Å²) in [6, 6.07) is 0. The van der Waals surface area contributed by atoms with Crippen molar-refractivity contribution in [3.63, 3.8) is 0 Å². The maximum atomic E-state index is 11.7. The number of hydrogen-bond acceptors (Lipinski definition) is 2. The van der Waals surface area contributed by atoms with Crippen molar-refractivity contribution in [3.05, 3.63) is 47.2 Å². The van der Waals surface area contributed by atoms with Gasteiger partial charge in [0.1, 0.15) is 0 Å². The lowest BCUT2D eigenvalue weighted by Gasteiger charge is -2.14. The fourth-order valence-corrected chi connectivity index (χ4v) is 1.81. The molecule has 0 amide bonds. The third-order valence-corrected chi connectivity index (χ3v) is 2.77. The van der Waals surface area contributed by atoms with Gasteiger partial charge in [-0.05, 0) is 23.1 Å². The van der Waals surface area contributed by atoms with E-state index in [0.29, 0.717) is 18.0 Å². The lowest BCUT2D eigenvalue weighted by atomic mass is 9.94. The fraction of sp³-hybridized carbons (Fsp3) is 0.308. The largest absolute Gasteiger partial charge is 0.385 e. The molecule has 2 heteroatoms. The molecule has 0 aliphatic heterocycles. The summed E-state index contributed by atoms with van der Waals surface area (Å²) in [5, 5.41) is 2.94. The zero-order chi connectivity index (χ0) is 10.8. The third-order valence-electron chi connectivity index (χ3n) is 2.77. The quantitative estimate of drug-likeness (QED) is 0.704. The zero-order valence-electron chi connectivity index (χ0n) is 9.08. The monoisotopic (exact) mass is 201 g/mol. The molecular weight excluding hydrogens is 186 g/mol. The van der Waals surface area contributed by atoms with Crippen molar-refractivity contribution < 1.29 is 4.79 Å². The average Bonchev–Trinajstić information content (AvgIpc) is 2.40. The van der Waals surface area contributed by atoms with Gasteiger partial charge in [0.25, 0.3) is 0 Å². The molecule has 2 nitrogen and oxygen atoms in total. The molecule has 0 bridgehead atoms. The first kappa shape index (κ1) is 9.97. The van der Waals surface area contributed by atoms with Gasteiger partial charge in [0.05, 0.1) is 5.70 Å². The summed E-state index contributed by atoms with van der Waals surface area (Å²) in [7, 11) is 1.79. The number of allylic oxidation sites excluding steroid dienone is 8.